The summed E-state index contributed by atoms with van der Waals surface area (Å²) in [6, 6.07) is 2.25. The summed E-state index contributed by atoms with van der Waals surface area (Å²) in [5.74, 6) is 0.970. The molecule has 3 heteroatoms. The largest absolute Gasteiger partial charge is 0.315 e. The third-order valence-corrected chi connectivity index (χ3v) is 6.02. The van der Waals surface area contributed by atoms with Crippen molar-refractivity contribution in [2.24, 2.45) is 5.92 Å². The van der Waals surface area contributed by atoms with Gasteiger partial charge in [-0.2, -0.15) is 0 Å². The van der Waals surface area contributed by atoms with E-state index in [1.807, 2.05) is 0 Å². The first-order chi connectivity index (χ1) is 10.2. The molecule has 3 nitrogen and oxygen atoms in total. The van der Waals surface area contributed by atoms with Crippen molar-refractivity contribution in [3.63, 3.8) is 0 Å². The standard InChI is InChI=1S/C18H37N3/c1-5-7-16-8-9-17(19-4)18(14-16)21-12-10-20(11-13-21)15(3)6-2/h15-19H,5-14H2,1-4H3. The van der Waals surface area contributed by atoms with Gasteiger partial charge in [0.2, 0.25) is 0 Å². The summed E-state index contributed by atoms with van der Waals surface area (Å²) >= 11 is 0. The zero-order valence-corrected chi connectivity index (χ0v) is 14.8. The molecule has 2 fully saturated rings. The third-order valence-electron chi connectivity index (χ3n) is 6.02. The Kier molecular flexibility index (Phi) is 6.97. The minimum atomic E-state index is 0.716. The molecule has 124 valence electrons. The molecule has 0 aromatic carbocycles. The number of piperazine rings is 1. The molecule has 1 saturated carbocycles. The lowest BCUT2D eigenvalue weighted by molar-refractivity contribution is 0.0351. The van der Waals surface area contributed by atoms with Gasteiger partial charge in [-0.05, 0) is 45.6 Å². The van der Waals surface area contributed by atoms with Crippen molar-refractivity contribution in [3.8, 4) is 0 Å². The molecule has 1 aliphatic carbocycles. The second-order valence-corrected chi connectivity index (χ2v) is 7.26. The van der Waals surface area contributed by atoms with Crippen LogP contribution in [0.2, 0.25) is 0 Å². The topological polar surface area (TPSA) is 18.5 Å². The lowest BCUT2D eigenvalue weighted by Crippen LogP contribution is -2.58. The van der Waals surface area contributed by atoms with Crippen LogP contribution in [-0.4, -0.2) is 61.2 Å². The van der Waals surface area contributed by atoms with Gasteiger partial charge in [-0.15, -0.1) is 0 Å². The average Bonchev–Trinajstić information content (AvgIpc) is 2.54. The molecule has 4 atom stereocenters. The maximum atomic E-state index is 3.60. The fourth-order valence-corrected chi connectivity index (χ4v) is 4.41. The van der Waals surface area contributed by atoms with Gasteiger partial charge in [0.1, 0.15) is 0 Å². The van der Waals surface area contributed by atoms with Gasteiger partial charge >= 0.3 is 0 Å². The monoisotopic (exact) mass is 295 g/mol. The van der Waals surface area contributed by atoms with E-state index in [9.17, 15) is 0 Å². The van der Waals surface area contributed by atoms with Crippen LogP contribution in [0.5, 0.6) is 0 Å². The van der Waals surface area contributed by atoms with E-state index >= 15 is 0 Å². The zero-order valence-electron chi connectivity index (χ0n) is 14.8. The van der Waals surface area contributed by atoms with Crippen LogP contribution < -0.4 is 5.32 Å². The molecule has 1 heterocycles. The number of rotatable bonds is 6. The first-order valence-corrected chi connectivity index (χ1v) is 9.34. The molecule has 1 saturated heterocycles. The van der Waals surface area contributed by atoms with Crippen molar-refractivity contribution in [1.29, 1.82) is 0 Å². The normalized spacial score (nSPS) is 34.0. The van der Waals surface area contributed by atoms with Gasteiger partial charge < -0.3 is 5.32 Å². The highest BCUT2D eigenvalue weighted by molar-refractivity contribution is 4.92. The SMILES string of the molecule is CCCC1CCC(NC)C(N2CCN(C(C)CC)CC2)C1. The molecule has 2 rings (SSSR count). The Hall–Kier alpha value is -0.120. The molecule has 0 radical (unpaired) electrons. The molecule has 1 N–H and O–H groups in total. The summed E-state index contributed by atoms with van der Waals surface area (Å²) in [6.45, 7) is 12.1. The Balaban J connectivity index is 1.89. The fraction of sp³-hybridized carbons (Fsp3) is 1.00. The van der Waals surface area contributed by atoms with Crippen molar-refractivity contribution >= 4 is 0 Å². The molecule has 4 unspecified atom stereocenters. The quantitative estimate of drug-likeness (QED) is 0.813. The molecule has 0 aromatic heterocycles. The highest BCUT2D eigenvalue weighted by Crippen LogP contribution is 2.31. The van der Waals surface area contributed by atoms with Crippen LogP contribution in [0.1, 0.15) is 59.3 Å². The Labute approximate surface area is 132 Å². The molecular formula is C18H37N3. The molecule has 21 heavy (non-hydrogen) atoms. The van der Waals surface area contributed by atoms with Crippen molar-refractivity contribution in [3.05, 3.63) is 0 Å². The Morgan fingerprint density at radius 1 is 1.10 bits per heavy atom. The molecular weight excluding hydrogens is 258 g/mol. The second kappa shape index (κ2) is 8.50. The van der Waals surface area contributed by atoms with E-state index in [2.05, 4.69) is 42.9 Å². The summed E-state index contributed by atoms with van der Waals surface area (Å²) in [5.41, 5.74) is 0. The Bertz CT molecular complexity index is 286. The van der Waals surface area contributed by atoms with E-state index < -0.39 is 0 Å². The van der Waals surface area contributed by atoms with Gasteiger partial charge in [-0.25, -0.2) is 0 Å². The van der Waals surface area contributed by atoms with E-state index in [0.29, 0.717) is 6.04 Å². The lowest BCUT2D eigenvalue weighted by Gasteiger charge is -2.47. The second-order valence-electron chi connectivity index (χ2n) is 7.26. The predicted octanol–water partition coefficient (Wildman–Crippen LogP) is 2.96. The smallest absolute Gasteiger partial charge is 0.0252 e. The van der Waals surface area contributed by atoms with Crippen LogP contribution in [0, 0.1) is 5.92 Å². The number of hydrogen-bond acceptors (Lipinski definition) is 3. The first kappa shape index (κ1) is 17.2. The third kappa shape index (κ3) is 4.43. The summed E-state index contributed by atoms with van der Waals surface area (Å²) in [6.07, 6.45) is 8.28. The molecule has 1 aliphatic heterocycles. The molecule has 0 aromatic rings. The number of nitrogens with zero attached hydrogens (tertiary/aromatic N) is 2. The average molecular weight is 296 g/mol. The summed E-state index contributed by atoms with van der Waals surface area (Å²) < 4.78 is 0. The minimum absolute atomic E-state index is 0.716. The van der Waals surface area contributed by atoms with E-state index in [1.165, 1.54) is 64.7 Å². The Morgan fingerprint density at radius 2 is 1.81 bits per heavy atom. The van der Waals surface area contributed by atoms with Crippen LogP contribution in [-0.2, 0) is 0 Å². The number of nitrogens with one attached hydrogen (secondary N) is 1. The highest BCUT2D eigenvalue weighted by Gasteiger charge is 2.34. The molecule has 2 aliphatic rings. The van der Waals surface area contributed by atoms with Gasteiger partial charge in [0, 0.05) is 44.3 Å². The fourth-order valence-electron chi connectivity index (χ4n) is 4.41. The van der Waals surface area contributed by atoms with Crippen LogP contribution in [0.15, 0.2) is 0 Å². The van der Waals surface area contributed by atoms with Crippen molar-refractivity contribution in [1.82, 2.24) is 15.1 Å². The van der Waals surface area contributed by atoms with E-state index in [-0.39, 0.29) is 0 Å². The van der Waals surface area contributed by atoms with Crippen LogP contribution in [0.3, 0.4) is 0 Å². The predicted molar refractivity (Wildman–Crippen MR) is 91.8 cm³/mol. The summed E-state index contributed by atoms with van der Waals surface area (Å²) in [5, 5.41) is 3.60. The summed E-state index contributed by atoms with van der Waals surface area (Å²) in [7, 11) is 2.16. The van der Waals surface area contributed by atoms with Gasteiger partial charge in [-0.3, -0.25) is 9.80 Å². The minimum Gasteiger partial charge on any atom is -0.315 e. The van der Waals surface area contributed by atoms with Crippen LogP contribution in [0.4, 0.5) is 0 Å². The maximum absolute atomic E-state index is 3.60. The zero-order chi connectivity index (χ0) is 15.2. The van der Waals surface area contributed by atoms with Crippen molar-refractivity contribution in [2.75, 3.05) is 33.2 Å². The van der Waals surface area contributed by atoms with Gasteiger partial charge in [0.05, 0.1) is 0 Å². The Morgan fingerprint density at radius 3 is 2.38 bits per heavy atom. The van der Waals surface area contributed by atoms with Gasteiger partial charge in [0.15, 0.2) is 0 Å². The molecule has 0 bridgehead atoms. The first-order valence-electron chi connectivity index (χ1n) is 9.34. The van der Waals surface area contributed by atoms with Crippen molar-refractivity contribution in [2.45, 2.75) is 77.4 Å². The van der Waals surface area contributed by atoms with E-state index in [0.717, 1.165) is 18.0 Å². The van der Waals surface area contributed by atoms with E-state index in [4.69, 9.17) is 0 Å². The maximum Gasteiger partial charge on any atom is 0.0252 e. The summed E-state index contributed by atoms with van der Waals surface area (Å²) in [4.78, 5) is 5.47. The lowest BCUT2D eigenvalue weighted by atomic mass is 9.79. The molecule has 0 amide bonds. The van der Waals surface area contributed by atoms with Gasteiger partial charge in [0.25, 0.3) is 0 Å². The van der Waals surface area contributed by atoms with Crippen LogP contribution >= 0.6 is 0 Å². The van der Waals surface area contributed by atoms with E-state index in [1.54, 1.807) is 0 Å². The van der Waals surface area contributed by atoms with Gasteiger partial charge in [-0.1, -0.05) is 26.7 Å². The highest BCUT2D eigenvalue weighted by atomic mass is 15.3. The molecule has 0 spiro atoms. The number of likely N-dealkylation sites (N-methyl/N-ethyl adjacent to an activating group) is 1. The van der Waals surface area contributed by atoms with Crippen LogP contribution in [0.25, 0.3) is 0 Å². The number of hydrogen-bond donors (Lipinski definition) is 1. The van der Waals surface area contributed by atoms with Crippen molar-refractivity contribution < 1.29 is 0 Å².